The Morgan fingerprint density at radius 2 is 2.05 bits per heavy atom. The molecule has 0 aromatic heterocycles. The lowest BCUT2D eigenvalue weighted by atomic mass is 9.79. The molecule has 1 fully saturated rings. The van der Waals surface area contributed by atoms with Crippen LogP contribution in [0.3, 0.4) is 0 Å². The Bertz CT molecular complexity index is 437. The second-order valence-electron chi connectivity index (χ2n) is 5.81. The minimum absolute atomic E-state index is 0. The van der Waals surface area contributed by atoms with Crippen molar-refractivity contribution in [2.75, 3.05) is 13.1 Å². The topological polar surface area (TPSA) is 29.3 Å². The first kappa shape index (κ1) is 16.3. The van der Waals surface area contributed by atoms with Crippen molar-refractivity contribution in [1.82, 2.24) is 4.90 Å². The summed E-state index contributed by atoms with van der Waals surface area (Å²) < 4.78 is 26.7. The van der Waals surface area contributed by atoms with Crippen molar-refractivity contribution in [2.24, 2.45) is 11.1 Å². The first-order valence-corrected chi connectivity index (χ1v) is 6.31. The molecule has 0 radical (unpaired) electrons. The van der Waals surface area contributed by atoms with E-state index < -0.39 is 11.6 Å². The summed E-state index contributed by atoms with van der Waals surface area (Å²) in [5, 5.41) is 0. The largest absolute Gasteiger partial charge is 0.327 e. The maximum Gasteiger partial charge on any atom is 0.163 e. The van der Waals surface area contributed by atoms with Crippen LogP contribution in [0.5, 0.6) is 0 Å². The first-order chi connectivity index (χ1) is 8.40. The third-order valence-electron chi connectivity index (χ3n) is 3.82. The number of hydrogen-bond acceptors (Lipinski definition) is 2. The predicted octanol–water partition coefficient (Wildman–Crippen LogP) is 2.95. The summed E-state index contributed by atoms with van der Waals surface area (Å²) >= 11 is 0. The highest BCUT2D eigenvalue weighted by atomic mass is 35.5. The molecule has 0 saturated carbocycles. The third-order valence-corrected chi connectivity index (χ3v) is 3.82. The van der Waals surface area contributed by atoms with Gasteiger partial charge in [0, 0.05) is 31.2 Å². The van der Waals surface area contributed by atoms with Gasteiger partial charge in [-0.15, -0.1) is 12.4 Å². The maximum absolute atomic E-state index is 13.6. The fourth-order valence-corrected chi connectivity index (χ4v) is 2.53. The number of nitrogens with two attached hydrogens (primary N) is 1. The molecular weight excluding hydrogens is 270 g/mol. The van der Waals surface area contributed by atoms with Crippen LogP contribution < -0.4 is 5.73 Å². The van der Waals surface area contributed by atoms with Crippen molar-refractivity contribution < 1.29 is 8.78 Å². The molecule has 108 valence electrons. The van der Waals surface area contributed by atoms with Crippen molar-refractivity contribution in [3.05, 3.63) is 35.4 Å². The summed E-state index contributed by atoms with van der Waals surface area (Å²) in [6.45, 7) is 6.32. The minimum atomic E-state index is -0.777. The third kappa shape index (κ3) is 3.65. The molecule has 19 heavy (non-hydrogen) atoms. The SMILES string of the molecule is CC1(C)CN(Cc2cccc(F)c2F)CCC1N.Cl. The standard InChI is InChI=1S/C14H20F2N2.ClH/c1-14(2)9-18(7-6-12(14)17)8-10-4-3-5-11(15)13(10)16;/h3-5,12H,6-9,17H2,1-2H3;1H. The molecule has 2 nitrogen and oxygen atoms in total. The van der Waals surface area contributed by atoms with Crippen LogP contribution in [0.4, 0.5) is 8.78 Å². The van der Waals surface area contributed by atoms with Gasteiger partial charge in [-0.2, -0.15) is 0 Å². The molecule has 1 aromatic carbocycles. The van der Waals surface area contributed by atoms with E-state index in [-0.39, 0.29) is 23.9 Å². The summed E-state index contributed by atoms with van der Waals surface area (Å²) in [7, 11) is 0. The summed E-state index contributed by atoms with van der Waals surface area (Å²) in [5.41, 5.74) is 6.50. The zero-order chi connectivity index (χ0) is 13.3. The molecule has 1 heterocycles. The Hall–Kier alpha value is -0.710. The molecule has 2 N–H and O–H groups in total. The van der Waals surface area contributed by atoms with E-state index in [4.69, 9.17) is 5.73 Å². The van der Waals surface area contributed by atoms with Gasteiger partial charge in [0.05, 0.1) is 0 Å². The van der Waals surface area contributed by atoms with Crippen molar-refractivity contribution >= 4 is 12.4 Å². The normalized spacial score (nSPS) is 22.9. The molecule has 1 atom stereocenters. The van der Waals surface area contributed by atoms with Gasteiger partial charge in [-0.3, -0.25) is 4.90 Å². The highest BCUT2D eigenvalue weighted by Crippen LogP contribution is 2.29. The van der Waals surface area contributed by atoms with E-state index in [9.17, 15) is 8.78 Å². The van der Waals surface area contributed by atoms with Crippen LogP contribution in [-0.2, 0) is 6.54 Å². The van der Waals surface area contributed by atoms with Crippen molar-refractivity contribution in [3.8, 4) is 0 Å². The Labute approximate surface area is 119 Å². The van der Waals surface area contributed by atoms with Crippen LogP contribution in [0.15, 0.2) is 18.2 Å². The second kappa shape index (κ2) is 6.16. The van der Waals surface area contributed by atoms with Gasteiger partial charge >= 0.3 is 0 Å². The zero-order valence-corrected chi connectivity index (χ0v) is 12.1. The Balaban J connectivity index is 0.00000180. The van der Waals surface area contributed by atoms with Crippen molar-refractivity contribution in [3.63, 3.8) is 0 Å². The van der Waals surface area contributed by atoms with Gasteiger partial charge < -0.3 is 5.73 Å². The van der Waals surface area contributed by atoms with Gasteiger partial charge in [0.2, 0.25) is 0 Å². The van der Waals surface area contributed by atoms with E-state index in [0.29, 0.717) is 12.1 Å². The quantitative estimate of drug-likeness (QED) is 0.907. The lowest BCUT2D eigenvalue weighted by Gasteiger charge is -2.42. The number of likely N-dealkylation sites (tertiary alicyclic amines) is 1. The molecule has 0 bridgehead atoms. The maximum atomic E-state index is 13.6. The molecular formula is C14H21ClF2N2. The number of halogens is 3. The summed E-state index contributed by atoms with van der Waals surface area (Å²) in [4.78, 5) is 2.14. The fourth-order valence-electron chi connectivity index (χ4n) is 2.53. The fraction of sp³-hybridized carbons (Fsp3) is 0.571. The van der Waals surface area contributed by atoms with Crippen LogP contribution >= 0.6 is 12.4 Å². The summed E-state index contributed by atoms with van der Waals surface area (Å²) in [5.74, 6) is -1.51. The Morgan fingerprint density at radius 1 is 1.37 bits per heavy atom. The van der Waals surface area contributed by atoms with Crippen LogP contribution in [-0.4, -0.2) is 24.0 Å². The smallest absolute Gasteiger partial charge is 0.163 e. The van der Waals surface area contributed by atoms with Gasteiger partial charge in [-0.25, -0.2) is 8.78 Å². The van der Waals surface area contributed by atoms with Gasteiger partial charge in [-0.1, -0.05) is 26.0 Å². The van der Waals surface area contributed by atoms with Gasteiger partial charge in [0.1, 0.15) is 0 Å². The van der Waals surface area contributed by atoms with Crippen LogP contribution in [0.25, 0.3) is 0 Å². The van der Waals surface area contributed by atoms with E-state index in [0.717, 1.165) is 25.6 Å². The predicted molar refractivity (Wildman–Crippen MR) is 75.3 cm³/mol. The molecule has 1 aromatic rings. The molecule has 0 aliphatic carbocycles. The highest BCUT2D eigenvalue weighted by molar-refractivity contribution is 5.85. The Kier molecular flexibility index (Phi) is 5.30. The Morgan fingerprint density at radius 3 is 2.68 bits per heavy atom. The number of hydrogen-bond donors (Lipinski definition) is 1. The minimum Gasteiger partial charge on any atom is -0.327 e. The van der Waals surface area contributed by atoms with E-state index in [1.54, 1.807) is 12.1 Å². The van der Waals surface area contributed by atoms with E-state index in [2.05, 4.69) is 18.7 Å². The molecule has 0 amide bonds. The molecule has 1 aliphatic heterocycles. The lowest BCUT2D eigenvalue weighted by molar-refractivity contribution is 0.0888. The average Bonchev–Trinajstić information content (AvgIpc) is 2.29. The molecule has 1 aliphatic rings. The average molecular weight is 291 g/mol. The van der Waals surface area contributed by atoms with Crippen LogP contribution in [0.2, 0.25) is 0 Å². The monoisotopic (exact) mass is 290 g/mol. The number of benzene rings is 1. The number of nitrogens with zero attached hydrogens (tertiary/aromatic N) is 1. The van der Waals surface area contributed by atoms with Crippen LogP contribution in [0.1, 0.15) is 25.8 Å². The van der Waals surface area contributed by atoms with Crippen molar-refractivity contribution in [1.29, 1.82) is 0 Å². The molecule has 0 spiro atoms. The summed E-state index contributed by atoms with van der Waals surface area (Å²) in [6, 6.07) is 4.51. The first-order valence-electron chi connectivity index (χ1n) is 6.31. The van der Waals surface area contributed by atoms with Gasteiger partial charge in [0.25, 0.3) is 0 Å². The van der Waals surface area contributed by atoms with Gasteiger partial charge in [-0.05, 0) is 17.9 Å². The zero-order valence-electron chi connectivity index (χ0n) is 11.3. The molecule has 1 saturated heterocycles. The molecule has 1 unspecified atom stereocenters. The lowest BCUT2D eigenvalue weighted by Crippen LogP contribution is -2.52. The molecule has 2 rings (SSSR count). The van der Waals surface area contributed by atoms with E-state index in [1.807, 2.05) is 0 Å². The molecule has 5 heteroatoms. The van der Waals surface area contributed by atoms with Gasteiger partial charge in [0.15, 0.2) is 11.6 Å². The highest BCUT2D eigenvalue weighted by Gasteiger charge is 2.33. The van der Waals surface area contributed by atoms with E-state index >= 15 is 0 Å². The number of piperidine rings is 1. The van der Waals surface area contributed by atoms with Crippen molar-refractivity contribution in [2.45, 2.75) is 32.9 Å². The summed E-state index contributed by atoms with van der Waals surface area (Å²) in [6.07, 6.45) is 0.893. The number of rotatable bonds is 2. The second-order valence-corrected chi connectivity index (χ2v) is 5.81. The van der Waals surface area contributed by atoms with Crippen LogP contribution in [0, 0.1) is 17.0 Å². The van der Waals surface area contributed by atoms with E-state index in [1.165, 1.54) is 0 Å².